The first-order valence-corrected chi connectivity index (χ1v) is 5.53. The summed E-state index contributed by atoms with van der Waals surface area (Å²) in [5, 5.41) is 0. The molecule has 0 radical (unpaired) electrons. The van der Waals surface area contributed by atoms with Crippen LogP contribution in [0, 0.1) is 0 Å². The molecule has 68 valence electrons. The number of hydrogen-bond acceptors (Lipinski definition) is 2. The van der Waals surface area contributed by atoms with E-state index in [1.165, 1.54) is 4.90 Å². The maximum absolute atomic E-state index is 3.39. The Kier molecular flexibility index (Phi) is 7.65. The van der Waals surface area contributed by atoms with Crippen molar-refractivity contribution < 1.29 is 0 Å². The van der Waals surface area contributed by atoms with Crippen LogP contribution in [-0.2, 0) is 0 Å². The van der Waals surface area contributed by atoms with Crippen LogP contribution in [0.25, 0.3) is 0 Å². The van der Waals surface area contributed by atoms with E-state index in [9.17, 15) is 0 Å². The molecule has 1 nitrogen and oxygen atoms in total. The molecule has 12 heavy (non-hydrogen) atoms. The predicted molar refractivity (Wildman–Crippen MR) is 60.4 cm³/mol. The second-order valence-electron chi connectivity index (χ2n) is 1.76. The van der Waals surface area contributed by atoms with Gasteiger partial charge in [0, 0.05) is 9.37 Å². The molecule has 0 fully saturated rings. The van der Waals surface area contributed by atoms with Crippen molar-refractivity contribution in [2.75, 3.05) is 7.05 Å². The van der Waals surface area contributed by atoms with E-state index in [1.807, 2.05) is 33.0 Å². The first-order valence-electron chi connectivity index (χ1n) is 3.92. The highest BCUT2D eigenvalue weighted by molar-refractivity contribution is 9.10. The van der Waals surface area contributed by atoms with Crippen LogP contribution in [-0.4, -0.2) is 7.05 Å². The molecule has 1 rings (SSSR count). The summed E-state index contributed by atoms with van der Waals surface area (Å²) in [5.74, 6) is 0. The molecule has 0 aliphatic carbocycles. The van der Waals surface area contributed by atoms with Crippen molar-refractivity contribution >= 4 is 27.9 Å². The minimum absolute atomic E-state index is 1.12. The van der Waals surface area contributed by atoms with Gasteiger partial charge in [-0.15, -0.1) is 0 Å². The first-order chi connectivity index (χ1) is 5.83. The van der Waals surface area contributed by atoms with E-state index in [1.54, 1.807) is 11.9 Å². The lowest BCUT2D eigenvalue weighted by molar-refractivity contribution is 1.27. The van der Waals surface area contributed by atoms with Gasteiger partial charge < -0.3 is 0 Å². The monoisotopic (exact) mass is 247 g/mol. The summed E-state index contributed by atoms with van der Waals surface area (Å²) in [6.07, 6.45) is 0. The van der Waals surface area contributed by atoms with Gasteiger partial charge in [-0.05, 0) is 37.2 Å². The highest BCUT2D eigenvalue weighted by atomic mass is 79.9. The van der Waals surface area contributed by atoms with Gasteiger partial charge >= 0.3 is 0 Å². The van der Waals surface area contributed by atoms with Crippen LogP contribution in [0.1, 0.15) is 13.8 Å². The van der Waals surface area contributed by atoms with Gasteiger partial charge in [0.2, 0.25) is 0 Å². The Hall–Kier alpha value is 0.01000. The second kappa shape index (κ2) is 7.65. The molecule has 3 heteroatoms. The topological polar surface area (TPSA) is 12.0 Å². The molecule has 0 bridgehead atoms. The number of halogens is 1. The quantitative estimate of drug-likeness (QED) is 0.801. The van der Waals surface area contributed by atoms with Crippen LogP contribution < -0.4 is 4.72 Å². The van der Waals surface area contributed by atoms with Crippen LogP contribution in [0.15, 0.2) is 33.6 Å². The molecule has 0 spiro atoms. The van der Waals surface area contributed by atoms with Crippen LogP contribution in [0.4, 0.5) is 0 Å². The highest BCUT2D eigenvalue weighted by Crippen LogP contribution is 2.18. The van der Waals surface area contributed by atoms with Gasteiger partial charge in [0.1, 0.15) is 0 Å². The van der Waals surface area contributed by atoms with Crippen molar-refractivity contribution in [3.05, 3.63) is 28.7 Å². The number of hydrogen-bond donors (Lipinski definition) is 1. The van der Waals surface area contributed by atoms with Gasteiger partial charge in [0.25, 0.3) is 0 Å². The molecule has 0 saturated heterocycles. The summed E-state index contributed by atoms with van der Waals surface area (Å²) < 4.78 is 4.13. The normalized spacial score (nSPS) is 8.67. The molecule has 0 saturated carbocycles. The summed E-state index contributed by atoms with van der Waals surface area (Å²) in [4.78, 5) is 1.22. The Morgan fingerprint density at radius 2 is 2.00 bits per heavy atom. The molecule has 0 heterocycles. The number of benzene rings is 1. The van der Waals surface area contributed by atoms with Crippen molar-refractivity contribution in [3.8, 4) is 0 Å². The summed E-state index contributed by atoms with van der Waals surface area (Å²) in [7, 11) is 1.91. The van der Waals surface area contributed by atoms with Crippen molar-refractivity contribution in [2.45, 2.75) is 18.7 Å². The fraction of sp³-hybridized carbons (Fsp3) is 0.333. The highest BCUT2D eigenvalue weighted by Gasteiger charge is 1.90. The third-order valence-electron chi connectivity index (χ3n) is 1.02. The molecule has 0 amide bonds. The number of rotatable bonds is 2. The molecule has 0 aliphatic rings. The summed E-state index contributed by atoms with van der Waals surface area (Å²) in [6.45, 7) is 4.00. The zero-order valence-electron chi connectivity index (χ0n) is 7.60. The minimum atomic E-state index is 1.12. The van der Waals surface area contributed by atoms with E-state index < -0.39 is 0 Å². The molecule has 0 aromatic heterocycles. The maximum Gasteiger partial charge on any atom is 0.0239 e. The summed E-state index contributed by atoms with van der Waals surface area (Å²) in [5.41, 5.74) is 0. The lowest BCUT2D eigenvalue weighted by Crippen LogP contribution is -1.89. The van der Waals surface area contributed by atoms with Gasteiger partial charge in [-0.2, -0.15) is 0 Å². The number of nitrogens with one attached hydrogen (secondary N) is 1. The maximum atomic E-state index is 3.39. The average molecular weight is 248 g/mol. The Bertz CT molecular complexity index is 215. The van der Waals surface area contributed by atoms with E-state index in [4.69, 9.17) is 0 Å². The minimum Gasteiger partial charge on any atom is -0.263 e. The van der Waals surface area contributed by atoms with E-state index >= 15 is 0 Å². The van der Waals surface area contributed by atoms with Crippen molar-refractivity contribution in [1.29, 1.82) is 0 Å². The Morgan fingerprint density at radius 3 is 2.50 bits per heavy atom. The van der Waals surface area contributed by atoms with Gasteiger partial charge in [0.05, 0.1) is 0 Å². The molecule has 1 aromatic carbocycles. The third-order valence-corrected chi connectivity index (χ3v) is 2.20. The van der Waals surface area contributed by atoms with E-state index in [0.717, 1.165) is 4.47 Å². The van der Waals surface area contributed by atoms with Crippen LogP contribution in [0.3, 0.4) is 0 Å². The van der Waals surface area contributed by atoms with Crippen LogP contribution >= 0.6 is 27.9 Å². The van der Waals surface area contributed by atoms with Crippen molar-refractivity contribution in [2.24, 2.45) is 0 Å². The van der Waals surface area contributed by atoms with Crippen molar-refractivity contribution in [1.82, 2.24) is 4.72 Å². The van der Waals surface area contributed by atoms with Crippen LogP contribution in [0.5, 0.6) is 0 Å². The molecule has 0 unspecified atom stereocenters. The Morgan fingerprint density at radius 1 is 1.33 bits per heavy atom. The first kappa shape index (κ1) is 12.0. The molecule has 1 aromatic rings. The van der Waals surface area contributed by atoms with E-state index in [-0.39, 0.29) is 0 Å². The molecule has 0 atom stereocenters. The standard InChI is InChI=1S/C7H8BrNS.C2H6/c1-9-10-7-4-2-3-6(8)5-7;1-2/h2-5,9H,1H3;1-2H3. The largest absolute Gasteiger partial charge is 0.263 e. The zero-order chi connectivity index (χ0) is 9.40. The van der Waals surface area contributed by atoms with Crippen LogP contribution in [0.2, 0.25) is 0 Å². The predicted octanol–water partition coefficient (Wildman–Crippen LogP) is 3.70. The Labute approximate surface area is 87.2 Å². The second-order valence-corrected chi connectivity index (χ2v) is 3.76. The zero-order valence-corrected chi connectivity index (χ0v) is 10.00. The third kappa shape index (κ3) is 4.80. The van der Waals surface area contributed by atoms with E-state index in [2.05, 4.69) is 32.8 Å². The van der Waals surface area contributed by atoms with E-state index in [0.29, 0.717) is 0 Å². The molecule has 1 N–H and O–H groups in total. The smallest absolute Gasteiger partial charge is 0.0239 e. The SMILES string of the molecule is CC.CNSc1cccc(Br)c1. The molecular formula is C9H14BrNS. The van der Waals surface area contributed by atoms with Gasteiger partial charge in [-0.1, -0.05) is 35.8 Å². The molecular weight excluding hydrogens is 234 g/mol. The van der Waals surface area contributed by atoms with Gasteiger partial charge in [-0.3, -0.25) is 4.72 Å². The fourth-order valence-corrected chi connectivity index (χ4v) is 1.77. The molecule has 0 aliphatic heterocycles. The summed E-state index contributed by atoms with van der Waals surface area (Å²) in [6, 6.07) is 8.16. The van der Waals surface area contributed by atoms with Crippen molar-refractivity contribution in [3.63, 3.8) is 0 Å². The average Bonchev–Trinajstić information content (AvgIpc) is 2.09. The summed E-state index contributed by atoms with van der Waals surface area (Å²) >= 11 is 5.00. The fourth-order valence-electron chi connectivity index (χ4n) is 0.648. The Balaban J connectivity index is 0.000000561. The van der Waals surface area contributed by atoms with Gasteiger partial charge in [-0.25, -0.2) is 0 Å². The van der Waals surface area contributed by atoms with Gasteiger partial charge in [0.15, 0.2) is 0 Å². The lowest BCUT2D eigenvalue weighted by atomic mass is 10.4. The lowest BCUT2D eigenvalue weighted by Gasteiger charge is -1.97.